The monoisotopic (exact) mass is 209 g/mol. The van der Waals surface area contributed by atoms with Crippen LogP contribution >= 0.6 is 11.6 Å². The minimum absolute atomic E-state index is 0.338. The molecule has 2 rings (SSSR count). The highest BCUT2D eigenvalue weighted by Gasteiger charge is 2.22. The zero-order chi connectivity index (χ0) is 9.97. The van der Waals surface area contributed by atoms with Gasteiger partial charge in [0.25, 0.3) is 0 Å². The molecule has 2 atom stereocenters. The van der Waals surface area contributed by atoms with E-state index in [0.29, 0.717) is 12.0 Å². The van der Waals surface area contributed by atoms with Gasteiger partial charge in [0.2, 0.25) is 0 Å². The Bertz CT molecular complexity index is 294. The smallest absolute Gasteiger partial charge is 0.0406 e. The molecule has 0 radical (unpaired) electrons. The van der Waals surface area contributed by atoms with Crippen molar-refractivity contribution in [2.24, 2.45) is 5.73 Å². The Kier molecular flexibility index (Phi) is 3.09. The van der Waals surface area contributed by atoms with Gasteiger partial charge >= 0.3 is 0 Å². The van der Waals surface area contributed by atoms with E-state index in [4.69, 9.17) is 17.3 Å². The van der Waals surface area contributed by atoms with Crippen molar-refractivity contribution in [3.05, 3.63) is 34.9 Å². The number of hydrogen-bond donors (Lipinski definition) is 1. The molecular formula is C12H16ClN. The predicted molar refractivity (Wildman–Crippen MR) is 60.6 cm³/mol. The van der Waals surface area contributed by atoms with E-state index in [1.807, 2.05) is 12.1 Å². The van der Waals surface area contributed by atoms with Crippen LogP contribution < -0.4 is 5.73 Å². The molecule has 0 bridgehead atoms. The third kappa shape index (κ3) is 2.10. The topological polar surface area (TPSA) is 26.0 Å². The minimum Gasteiger partial charge on any atom is -0.327 e. The summed E-state index contributed by atoms with van der Waals surface area (Å²) in [5, 5.41) is 0.804. The van der Waals surface area contributed by atoms with Gasteiger partial charge in [-0.2, -0.15) is 0 Å². The van der Waals surface area contributed by atoms with Crippen molar-refractivity contribution in [1.29, 1.82) is 0 Å². The highest BCUT2D eigenvalue weighted by Crippen LogP contribution is 2.32. The molecule has 2 heteroatoms. The van der Waals surface area contributed by atoms with E-state index in [-0.39, 0.29) is 0 Å². The Balaban J connectivity index is 2.16. The van der Waals surface area contributed by atoms with Gasteiger partial charge in [-0.3, -0.25) is 0 Å². The van der Waals surface area contributed by atoms with Crippen LogP contribution in [0, 0.1) is 0 Å². The average Bonchev–Trinajstić information content (AvgIpc) is 2.20. The number of benzene rings is 1. The Hall–Kier alpha value is -0.530. The van der Waals surface area contributed by atoms with E-state index >= 15 is 0 Å². The normalized spacial score (nSPS) is 27.6. The van der Waals surface area contributed by atoms with Gasteiger partial charge in [-0.15, -0.1) is 0 Å². The molecule has 1 aromatic carbocycles. The van der Waals surface area contributed by atoms with E-state index in [0.717, 1.165) is 11.4 Å². The molecule has 0 saturated heterocycles. The van der Waals surface area contributed by atoms with Gasteiger partial charge in [-0.05, 0) is 36.5 Å². The number of halogens is 1. The second-order valence-electron chi connectivity index (χ2n) is 4.11. The summed E-state index contributed by atoms with van der Waals surface area (Å²) in [6.07, 6.45) is 4.97. The molecule has 0 spiro atoms. The van der Waals surface area contributed by atoms with Crippen molar-refractivity contribution in [3.8, 4) is 0 Å². The average molecular weight is 210 g/mol. The molecule has 1 nitrogen and oxygen atoms in total. The van der Waals surface area contributed by atoms with E-state index < -0.39 is 0 Å². The summed E-state index contributed by atoms with van der Waals surface area (Å²) in [4.78, 5) is 0. The van der Waals surface area contributed by atoms with Crippen LogP contribution in [-0.4, -0.2) is 6.04 Å². The first-order valence-electron chi connectivity index (χ1n) is 5.28. The molecule has 1 saturated carbocycles. The maximum atomic E-state index is 6.12. The van der Waals surface area contributed by atoms with Gasteiger partial charge < -0.3 is 5.73 Å². The zero-order valence-corrected chi connectivity index (χ0v) is 9.00. The van der Waals surface area contributed by atoms with E-state index in [1.165, 1.54) is 24.8 Å². The predicted octanol–water partition coefficient (Wildman–Crippen LogP) is 3.32. The number of rotatable bonds is 1. The molecule has 2 unspecified atom stereocenters. The second-order valence-corrected chi connectivity index (χ2v) is 4.54. The molecule has 0 aliphatic heterocycles. The first-order valence-corrected chi connectivity index (χ1v) is 5.66. The summed E-state index contributed by atoms with van der Waals surface area (Å²) < 4.78 is 0. The molecule has 1 aromatic rings. The van der Waals surface area contributed by atoms with Crippen LogP contribution in [0.2, 0.25) is 5.02 Å². The summed E-state index contributed by atoms with van der Waals surface area (Å²) in [7, 11) is 0. The molecule has 0 heterocycles. The molecule has 0 amide bonds. The molecule has 14 heavy (non-hydrogen) atoms. The molecule has 1 fully saturated rings. The van der Waals surface area contributed by atoms with Gasteiger partial charge in [0.1, 0.15) is 0 Å². The van der Waals surface area contributed by atoms with Crippen molar-refractivity contribution in [2.45, 2.75) is 37.6 Å². The third-order valence-corrected chi connectivity index (χ3v) is 3.37. The largest absolute Gasteiger partial charge is 0.327 e. The molecule has 1 aliphatic rings. The maximum absolute atomic E-state index is 6.12. The van der Waals surface area contributed by atoms with Crippen molar-refractivity contribution >= 4 is 11.6 Å². The van der Waals surface area contributed by atoms with Crippen LogP contribution in [0.25, 0.3) is 0 Å². The summed E-state index contributed by atoms with van der Waals surface area (Å²) in [5.41, 5.74) is 7.46. The fraction of sp³-hybridized carbons (Fsp3) is 0.500. The summed E-state index contributed by atoms with van der Waals surface area (Å²) in [5.74, 6) is 0.543. The van der Waals surface area contributed by atoms with Crippen LogP contribution in [-0.2, 0) is 0 Å². The van der Waals surface area contributed by atoms with Gasteiger partial charge in [0.05, 0.1) is 0 Å². The summed E-state index contributed by atoms with van der Waals surface area (Å²) in [6, 6.07) is 8.47. The minimum atomic E-state index is 0.338. The second kappa shape index (κ2) is 4.33. The van der Waals surface area contributed by atoms with Gasteiger partial charge in [0.15, 0.2) is 0 Å². The Labute approximate surface area is 90.3 Å². The van der Waals surface area contributed by atoms with Crippen molar-refractivity contribution in [1.82, 2.24) is 0 Å². The lowest BCUT2D eigenvalue weighted by atomic mass is 9.80. The van der Waals surface area contributed by atoms with Gasteiger partial charge in [0, 0.05) is 11.1 Å². The van der Waals surface area contributed by atoms with Crippen molar-refractivity contribution in [2.75, 3.05) is 0 Å². The number of nitrogens with two attached hydrogens (primary N) is 1. The lowest BCUT2D eigenvalue weighted by Gasteiger charge is -2.28. The highest BCUT2D eigenvalue weighted by molar-refractivity contribution is 6.30. The standard InChI is InChI=1S/C12H16ClN/c13-10-7-5-9(6-8-10)11-3-1-2-4-12(11)14/h5-8,11-12H,1-4,14H2. The Morgan fingerprint density at radius 3 is 2.36 bits per heavy atom. The Morgan fingerprint density at radius 2 is 1.71 bits per heavy atom. The molecule has 0 aromatic heterocycles. The van der Waals surface area contributed by atoms with E-state index in [1.54, 1.807) is 0 Å². The van der Waals surface area contributed by atoms with Crippen molar-refractivity contribution in [3.63, 3.8) is 0 Å². The fourth-order valence-corrected chi connectivity index (χ4v) is 2.41. The third-order valence-electron chi connectivity index (χ3n) is 3.12. The van der Waals surface area contributed by atoms with Crippen LogP contribution in [0.15, 0.2) is 24.3 Å². The number of hydrogen-bond acceptors (Lipinski definition) is 1. The quantitative estimate of drug-likeness (QED) is 0.755. The first kappa shape index (κ1) is 10.0. The van der Waals surface area contributed by atoms with Crippen LogP contribution in [0.1, 0.15) is 37.2 Å². The first-order chi connectivity index (χ1) is 6.77. The maximum Gasteiger partial charge on any atom is 0.0406 e. The van der Waals surface area contributed by atoms with Crippen LogP contribution in [0.3, 0.4) is 0 Å². The zero-order valence-electron chi connectivity index (χ0n) is 8.25. The van der Waals surface area contributed by atoms with Crippen LogP contribution in [0.4, 0.5) is 0 Å². The lowest BCUT2D eigenvalue weighted by molar-refractivity contribution is 0.385. The van der Waals surface area contributed by atoms with Gasteiger partial charge in [-0.1, -0.05) is 36.6 Å². The van der Waals surface area contributed by atoms with E-state index in [9.17, 15) is 0 Å². The van der Waals surface area contributed by atoms with Gasteiger partial charge in [-0.25, -0.2) is 0 Å². The summed E-state index contributed by atoms with van der Waals surface area (Å²) >= 11 is 5.86. The Morgan fingerprint density at radius 1 is 1.07 bits per heavy atom. The molecule has 1 aliphatic carbocycles. The summed E-state index contributed by atoms with van der Waals surface area (Å²) in [6.45, 7) is 0. The van der Waals surface area contributed by atoms with E-state index in [2.05, 4.69) is 12.1 Å². The SMILES string of the molecule is NC1CCCCC1c1ccc(Cl)cc1. The highest BCUT2D eigenvalue weighted by atomic mass is 35.5. The lowest BCUT2D eigenvalue weighted by Crippen LogP contribution is -2.31. The molecular weight excluding hydrogens is 194 g/mol. The fourth-order valence-electron chi connectivity index (χ4n) is 2.28. The molecule has 76 valence electrons. The molecule has 2 N–H and O–H groups in total. The van der Waals surface area contributed by atoms with Crippen LogP contribution in [0.5, 0.6) is 0 Å². The van der Waals surface area contributed by atoms with Crippen molar-refractivity contribution < 1.29 is 0 Å².